The van der Waals surface area contributed by atoms with E-state index < -0.39 is 0 Å². The van der Waals surface area contributed by atoms with E-state index in [4.69, 9.17) is 5.73 Å². The van der Waals surface area contributed by atoms with Crippen LogP contribution in [0.15, 0.2) is 30.3 Å². The molecule has 1 atom stereocenters. The average molecular weight is 216 g/mol. The first-order chi connectivity index (χ1) is 7.78. The lowest BCUT2D eigenvalue weighted by atomic mass is 9.74. The molecule has 0 bridgehead atoms. The van der Waals surface area contributed by atoms with Gasteiger partial charge in [0.15, 0.2) is 0 Å². The molecule has 2 heteroatoms. The van der Waals surface area contributed by atoms with E-state index in [-0.39, 0.29) is 0 Å². The van der Waals surface area contributed by atoms with E-state index in [1.807, 2.05) is 0 Å². The molecule has 2 N–H and O–H groups in total. The summed E-state index contributed by atoms with van der Waals surface area (Å²) in [6, 6.07) is 11.2. The Hall–Kier alpha value is -0.860. The van der Waals surface area contributed by atoms with E-state index in [1.54, 1.807) is 0 Å². The summed E-state index contributed by atoms with van der Waals surface area (Å²) in [6.45, 7) is 2.16. The quantitative estimate of drug-likeness (QED) is 0.820. The lowest BCUT2D eigenvalue weighted by Crippen LogP contribution is -2.48. The van der Waals surface area contributed by atoms with Gasteiger partial charge in [-0.2, -0.15) is 0 Å². The molecular formula is C14H20N2. The predicted molar refractivity (Wildman–Crippen MR) is 66.0 cm³/mol. The molecule has 1 spiro atoms. The topological polar surface area (TPSA) is 29.3 Å². The summed E-state index contributed by atoms with van der Waals surface area (Å²) in [5.41, 5.74) is 8.01. The third kappa shape index (κ3) is 1.66. The Morgan fingerprint density at radius 3 is 2.62 bits per heavy atom. The molecule has 0 radical (unpaired) electrons. The first-order valence-corrected chi connectivity index (χ1v) is 6.33. The van der Waals surface area contributed by atoms with Crippen LogP contribution in [0.25, 0.3) is 0 Å². The molecule has 1 aliphatic carbocycles. The number of hydrogen-bond donors (Lipinski definition) is 1. The summed E-state index contributed by atoms with van der Waals surface area (Å²) in [6.07, 6.45) is 5.30. The van der Waals surface area contributed by atoms with Gasteiger partial charge in [0.1, 0.15) is 0 Å². The molecular weight excluding hydrogens is 196 g/mol. The van der Waals surface area contributed by atoms with Gasteiger partial charge in [0.25, 0.3) is 0 Å². The van der Waals surface area contributed by atoms with Gasteiger partial charge in [0.05, 0.1) is 0 Å². The molecule has 2 fully saturated rings. The van der Waals surface area contributed by atoms with Gasteiger partial charge in [-0.3, -0.25) is 4.90 Å². The van der Waals surface area contributed by atoms with Crippen molar-refractivity contribution in [3.05, 3.63) is 35.9 Å². The number of nitrogens with zero attached hydrogens (tertiary/aromatic N) is 1. The fraction of sp³-hybridized carbons (Fsp3) is 0.571. The lowest BCUT2D eigenvalue weighted by Gasteiger charge is -2.46. The maximum atomic E-state index is 6.12. The Labute approximate surface area is 97.4 Å². The largest absolute Gasteiger partial charge is 0.326 e. The number of rotatable bonds is 2. The van der Waals surface area contributed by atoms with Gasteiger partial charge in [-0.15, -0.1) is 0 Å². The van der Waals surface area contributed by atoms with Crippen molar-refractivity contribution in [3.63, 3.8) is 0 Å². The predicted octanol–water partition coefficient (Wildman–Crippen LogP) is 2.14. The molecule has 1 aliphatic heterocycles. The molecule has 2 nitrogen and oxygen atoms in total. The summed E-state index contributed by atoms with van der Waals surface area (Å²) < 4.78 is 0. The fourth-order valence-electron chi connectivity index (χ4n) is 3.30. The van der Waals surface area contributed by atoms with Crippen molar-refractivity contribution in [2.45, 2.75) is 43.8 Å². The van der Waals surface area contributed by atoms with Gasteiger partial charge in [-0.25, -0.2) is 0 Å². The van der Waals surface area contributed by atoms with Crippen molar-refractivity contribution in [3.8, 4) is 0 Å². The molecule has 1 aromatic rings. The molecule has 1 aromatic carbocycles. The molecule has 16 heavy (non-hydrogen) atoms. The minimum atomic E-state index is 0.393. The molecule has 1 saturated carbocycles. The van der Waals surface area contributed by atoms with E-state index in [2.05, 4.69) is 35.2 Å². The van der Waals surface area contributed by atoms with Crippen molar-refractivity contribution >= 4 is 0 Å². The van der Waals surface area contributed by atoms with Crippen LogP contribution in [0.3, 0.4) is 0 Å². The first kappa shape index (κ1) is 10.3. The molecule has 1 saturated heterocycles. The molecule has 0 aromatic heterocycles. The summed E-state index contributed by atoms with van der Waals surface area (Å²) in [4.78, 5) is 2.62. The lowest BCUT2D eigenvalue weighted by molar-refractivity contribution is 0.0495. The number of nitrogens with two attached hydrogens (primary N) is 1. The van der Waals surface area contributed by atoms with E-state index in [0.29, 0.717) is 11.6 Å². The van der Waals surface area contributed by atoms with E-state index in [1.165, 1.54) is 31.2 Å². The Morgan fingerprint density at radius 2 is 2.00 bits per heavy atom. The Balaban J connectivity index is 1.75. The highest BCUT2D eigenvalue weighted by Crippen LogP contribution is 2.45. The second-order valence-electron chi connectivity index (χ2n) is 5.41. The fourth-order valence-corrected chi connectivity index (χ4v) is 3.30. The van der Waals surface area contributed by atoms with Crippen molar-refractivity contribution in [2.75, 3.05) is 6.54 Å². The highest BCUT2D eigenvalue weighted by atomic mass is 15.2. The van der Waals surface area contributed by atoms with Crippen LogP contribution in [0.4, 0.5) is 0 Å². The number of likely N-dealkylation sites (tertiary alicyclic amines) is 1. The van der Waals surface area contributed by atoms with Crippen molar-refractivity contribution < 1.29 is 0 Å². The standard InChI is InChI=1S/C14H20N2/c15-13-9-14(7-4-8-14)16(11-13)10-12-5-2-1-3-6-12/h1-3,5-6,13H,4,7-11,15H2. The van der Waals surface area contributed by atoms with Gasteiger partial charge in [0, 0.05) is 24.7 Å². The van der Waals surface area contributed by atoms with Crippen LogP contribution in [-0.4, -0.2) is 23.0 Å². The average Bonchev–Trinajstić information content (AvgIpc) is 2.56. The van der Waals surface area contributed by atoms with Crippen molar-refractivity contribution in [1.82, 2.24) is 4.90 Å². The van der Waals surface area contributed by atoms with Crippen LogP contribution in [0.1, 0.15) is 31.2 Å². The minimum absolute atomic E-state index is 0.393. The zero-order chi connectivity index (χ0) is 11.0. The molecule has 86 valence electrons. The molecule has 1 heterocycles. The normalized spacial score (nSPS) is 28.2. The van der Waals surface area contributed by atoms with Crippen LogP contribution < -0.4 is 5.73 Å². The second kappa shape index (κ2) is 3.86. The van der Waals surface area contributed by atoms with E-state index in [0.717, 1.165) is 13.1 Å². The van der Waals surface area contributed by atoms with Gasteiger partial charge in [-0.1, -0.05) is 30.3 Å². The minimum Gasteiger partial charge on any atom is -0.326 e. The molecule has 1 unspecified atom stereocenters. The van der Waals surface area contributed by atoms with Crippen LogP contribution >= 0.6 is 0 Å². The highest BCUT2D eigenvalue weighted by molar-refractivity contribution is 5.17. The summed E-state index contributed by atoms with van der Waals surface area (Å²) >= 11 is 0. The number of hydrogen-bond acceptors (Lipinski definition) is 2. The van der Waals surface area contributed by atoms with Crippen LogP contribution in [-0.2, 0) is 6.54 Å². The maximum absolute atomic E-state index is 6.12. The van der Waals surface area contributed by atoms with Crippen molar-refractivity contribution in [1.29, 1.82) is 0 Å². The summed E-state index contributed by atoms with van der Waals surface area (Å²) in [5.74, 6) is 0. The third-order valence-electron chi connectivity index (χ3n) is 4.27. The van der Waals surface area contributed by atoms with Crippen molar-refractivity contribution in [2.24, 2.45) is 5.73 Å². The SMILES string of the molecule is NC1CN(Cc2ccccc2)C2(CCC2)C1. The summed E-state index contributed by atoms with van der Waals surface area (Å²) in [5, 5.41) is 0. The molecule has 3 rings (SSSR count). The zero-order valence-corrected chi connectivity index (χ0v) is 9.73. The zero-order valence-electron chi connectivity index (χ0n) is 9.73. The van der Waals surface area contributed by atoms with Gasteiger partial charge in [0.2, 0.25) is 0 Å². The van der Waals surface area contributed by atoms with E-state index >= 15 is 0 Å². The highest BCUT2D eigenvalue weighted by Gasteiger charge is 2.48. The van der Waals surface area contributed by atoms with Crippen LogP contribution in [0, 0.1) is 0 Å². The van der Waals surface area contributed by atoms with Crippen LogP contribution in [0.5, 0.6) is 0 Å². The van der Waals surface area contributed by atoms with Gasteiger partial charge < -0.3 is 5.73 Å². The molecule has 2 aliphatic rings. The monoisotopic (exact) mass is 216 g/mol. The van der Waals surface area contributed by atoms with Gasteiger partial charge in [-0.05, 0) is 31.2 Å². The summed E-state index contributed by atoms with van der Waals surface area (Å²) in [7, 11) is 0. The van der Waals surface area contributed by atoms with Crippen LogP contribution in [0.2, 0.25) is 0 Å². The maximum Gasteiger partial charge on any atom is 0.0239 e. The number of benzene rings is 1. The molecule has 0 amide bonds. The van der Waals surface area contributed by atoms with E-state index in [9.17, 15) is 0 Å². The Bertz CT molecular complexity index is 356. The Morgan fingerprint density at radius 1 is 1.25 bits per heavy atom. The Kier molecular flexibility index (Phi) is 2.49. The second-order valence-corrected chi connectivity index (χ2v) is 5.41. The first-order valence-electron chi connectivity index (χ1n) is 6.33. The van der Waals surface area contributed by atoms with Gasteiger partial charge >= 0.3 is 0 Å². The third-order valence-corrected chi connectivity index (χ3v) is 4.27. The smallest absolute Gasteiger partial charge is 0.0239 e.